The molecule has 0 spiro atoms. The predicted octanol–water partition coefficient (Wildman–Crippen LogP) is 1.19. The summed E-state index contributed by atoms with van der Waals surface area (Å²) in [6, 6.07) is 0. The normalized spacial score (nSPS) is 10.9. The molecule has 16 heavy (non-hydrogen) atoms. The Balaban J connectivity index is 2.00. The third kappa shape index (κ3) is 2.57. The first-order valence-corrected chi connectivity index (χ1v) is 5.56. The number of rotatable bonds is 5. The van der Waals surface area contributed by atoms with Crippen molar-refractivity contribution in [3.63, 3.8) is 0 Å². The lowest BCUT2D eigenvalue weighted by Crippen LogP contribution is -2.02. The Bertz CT molecular complexity index is 452. The van der Waals surface area contributed by atoms with Gasteiger partial charge in [0.15, 0.2) is 0 Å². The van der Waals surface area contributed by atoms with E-state index < -0.39 is 0 Å². The van der Waals surface area contributed by atoms with Gasteiger partial charge < -0.3 is 0 Å². The van der Waals surface area contributed by atoms with Crippen molar-refractivity contribution < 1.29 is 4.63 Å². The molecule has 6 nitrogen and oxygen atoms in total. The largest absolute Gasteiger partial charge is 0.246 e. The fraction of sp³-hybridized carbons (Fsp3) is 0.556. The van der Waals surface area contributed by atoms with Crippen LogP contribution in [0, 0.1) is 6.92 Å². The van der Waals surface area contributed by atoms with Gasteiger partial charge in [-0.15, -0.1) is 16.7 Å². The van der Waals surface area contributed by atoms with Gasteiger partial charge in [0.1, 0.15) is 11.4 Å². The molecule has 0 saturated carbocycles. The van der Waals surface area contributed by atoms with Crippen LogP contribution in [0.1, 0.15) is 23.5 Å². The standard InChI is InChI=1S/C9H12ClN5O/c1-7-9(13-16-12-7)6-15-5-8(11-14-15)3-2-4-10/h5H,2-4,6H2,1H3. The van der Waals surface area contributed by atoms with Crippen molar-refractivity contribution in [2.75, 3.05) is 5.88 Å². The second-order valence-electron chi connectivity index (χ2n) is 3.50. The van der Waals surface area contributed by atoms with Crippen LogP contribution in [0.2, 0.25) is 0 Å². The molecule has 0 fully saturated rings. The Labute approximate surface area is 97.5 Å². The topological polar surface area (TPSA) is 69.6 Å². The Morgan fingerprint density at radius 3 is 3.00 bits per heavy atom. The van der Waals surface area contributed by atoms with Crippen molar-refractivity contribution in [2.24, 2.45) is 0 Å². The summed E-state index contributed by atoms with van der Waals surface area (Å²) in [7, 11) is 0. The highest BCUT2D eigenvalue weighted by Gasteiger charge is 2.07. The van der Waals surface area contributed by atoms with Crippen LogP contribution in [0.5, 0.6) is 0 Å². The molecule has 2 aromatic rings. The zero-order chi connectivity index (χ0) is 11.4. The average Bonchev–Trinajstić information content (AvgIpc) is 2.87. The number of aromatic nitrogens is 5. The molecule has 86 valence electrons. The molecule has 0 aliphatic rings. The van der Waals surface area contributed by atoms with E-state index in [0.717, 1.165) is 29.9 Å². The van der Waals surface area contributed by atoms with Crippen LogP contribution in [-0.4, -0.2) is 31.2 Å². The van der Waals surface area contributed by atoms with E-state index in [1.165, 1.54) is 0 Å². The number of halogens is 1. The summed E-state index contributed by atoms with van der Waals surface area (Å²) in [5.74, 6) is 0.638. The van der Waals surface area contributed by atoms with Gasteiger partial charge in [0.25, 0.3) is 0 Å². The molecular formula is C9H12ClN5O. The lowest BCUT2D eigenvalue weighted by molar-refractivity contribution is 0.300. The molecule has 0 saturated heterocycles. The van der Waals surface area contributed by atoms with Gasteiger partial charge in [-0.1, -0.05) is 15.5 Å². The van der Waals surface area contributed by atoms with Crippen LogP contribution in [-0.2, 0) is 13.0 Å². The molecule has 0 atom stereocenters. The monoisotopic (exact) mass is 241 g/mol. The van der Waals surface area contributed by atoms with E-state index in [9.17, 15) is 0 Å². The smallest absolute Gasteiger partial charge is 0.129 e. The summed E-state index contributed by atoms with van der Waals surface area (Å²) >= 11 is 5.61. The van der Waals surface area contributed by atoms with Gasteiger partial charge in [0.05, 0.1) is 12.2 Å². The maximum Gasteiger partial charge on any atom is 0.129 e. The van der Waals surface area contributed by atoms with Crippen molar-refractivity contribution in [3.05, 3.63) is 23.3 Å². The summed E-state index contributed by atoms with van der Waals surface area (Å²) in [4.78, 5) is 0. The third-order valence-corrected chi connectivity index (χ3v) is 2.48. The fourth-order valence-electron chi connectivity index (χ4n) is 1.32. The summed E-state index contributed by atoms with van der Waals surface area (Å²) in [6.07, 6.45) is 3.64. The maximum atomic E-state index is 5.61. The second kappa shape index (κ2) is 5.07. The molecule has 0 aromatic carbocycles. The molecule has 0 bridgehead atoms. The molecule has 7 heteroatoms. The van der Waals surface area contributed by atoms with E-state index in [2.05, 4.69) is 25.3 Å². The lowest BCUT2D eigenvalue weighted by Gasteiger charge is -1.94. The predicted molar refractivity (Wildman–Crippen MR) is 57.2 cm³/mol. The Hall–Kier alpha value is -1.43. The van der Waals surface area contributed by atoms with Crippen molar-refractivity contribution in [1.82, 2.24) is 25.3 Å². The van der Waals surface area contributed by atoms with E-state index >= 15 is 0 Å². The number of alkyl halides is 1. The van der Waals surface area contributed by atoms with Crippen LogP contribution in [0.4, 0.5) is 0 Å². The van der Waals surface area contributed by atoms with Crippen molar-refractivity contribution in [2.45, 2.75) is 26.3 Å². The Morgan fingerprint density at radius 1 is 1.44 bits per heavy atom. The minimum Gasteiger partial charge on any atom is -0.246 e. The first-order valence-electron chi connectivity index (χ1n) is 5.02. The van der Waals surface area contributed by atoms with Crippen molar-refractivity contribution in [1.29, 1.82) is 0 Å². The summed E-state index contributed by atoms with van der Waals surface area (Å²) in [5, 5.41) is 15.5. The molecule has 0 radical (unpaired) electrons. The first kappa shape index (κ1) is 11.1. The van der Waals surface area contributed by atoms with Crippen LogP contribution >= 0.6 is 11.6 Å². The lowest BCUT2D eigenvalue weighted by atomic mass is 10.3. The zero-order valence-electron chi connectivity index (χ0n) is 8.93. The quantitative estimate of drug-likeness (QED) is 0.736. The number of hydrogen-bond acceptors (Lipinski definition) is 5. The summed E-state index contributed by atoms with van der Waals surface area (Å²) < 4.78 is 6.33. The van der Waals surface area contributed by atoms with E-state index in [4.69, 9.17) is 11.6 Å². The van der Waals surface area contributed by atoms with E-state index in [1.807, 2.05) is 13.1 Å². The van der Waals surface area contributed by atoms with Crippen LogP contribution < -0.4 is 0 Å². The Kier molecular flexibility index (Phi) is 3.51. The van der Waals surface area contributed by atoms with Crippen LogP contribution in [0.25, 0.3) is 0 Å². The SMILES string of the molecule is Cc1nonc1Cn1cc(CCCCl)nn1. The molecule has 0 amide bonds. The zero-order valence-corrected chi connectivity index (χ0v) is 9.68. The van der Waals surface area contributed by atoms with Crippen molar-refractivity contribution >= 4 is 11.6 Å². The van der Waals surface area contributed by atoms with Crippen LogP contribution in [0.15, 0.2) is 10.8 Å². The average molecular weight is 242 g/mol. The van der Waals surface area contributed by atoms with Gasteiger partial charge in [-0.2, -0.15) is 0 Å². The van der Waals surface area contributed by atoms with Gasteiger partial charge >= 0.3 is 0 Å². The Morgan fingerprint density at radius 2 is 2.31 bits per heavy atom. The van der Waals surface area contributed by atoms with Gasteiger partial charge in [-0.25, -0.2) is 9.31 Å². The third-order valence-electron chi connectivity index (χ3n) is 2.21. The first-order chi connectivity index (χ1) is 7.79. The number of aryl methyl sites for hydroxylation is 2. The highest BCUT2D eigenvalue weighted by molar-refractivity contribution is 6.17. The molecule has 2 heterocycles. The molecule has 2 aromatic heterocycles. The number of nitrogens with zero attached hydrogens (tertiary/aromatic N) is 5. The van der Waals surface area contributed by atoms with Gasteiger partial charge in [0, 0.05) is 12.1 Å². The van der Waals surface area contributed by atoms with Crippen LogP contribution in [0.3, 0.4) is 0 Å². The van der Waals surface area contributed by atoms with Gasteiger partial charge in [0.2, 0.25) is 0 Å². The molecule has 0 aliphatic carbocycles. The molecule has 0 N–H and O–H groups in total. The molecule has 2 rings (SSSR count). The minimum absolute atomic E-state index is 0.531. The van der Waals surface area contributed by atoms with Gasteiger partial charge in [-0.3, -0.25) is 0 Å². The maximum absolute atomic E-state index is 5.61. The van der Waals surface area contributed by atoms with Gasteiger partial charge in [-0.05, 0) is 19.8 Å². The number of hydrogen-bond donors (Lipinski definition) is 0. The highest BCUT2D eigenvalue weighted by atomic mass is 35.5. The molecule has 0 unspecified atom stereocenters. The van der Waals surface area contributed by atoms with E-state index in [1.54, 1.807) is 4.68 Å². The molecule has 0 aliphatic heterocycles. The second-order valence-corrected chi connectivity index (χ2v) is 3.87. The summed E-state index contributed by atoms with van der Waals surface area (Å²) in [6.45, 7) is 2.38. The van der Waals surface area contributed by atoms with E-state index in [0.29, 0.717) is 12.4 Å². The molecular weight excluding hydrogens is 230 g/mol. The fourth-order valence-corrected chi connectivity index (χ4v) is 1.46. The van der Waals surface area contributed by atoms with E-state index in [-0.39, 0.29) is 0 Å². The van der Waals surface area contributed by atoms with Crippen molar-refractivity contribution in [3.8, 4) is 0 Å². The highest BCUT2D eigenvalue weighted by Crippen LogP contribution is 2.04. The minimum atomic E-state index is 0.531. The summed E-state index contributed by atoms with van der Waals surface area (Å²) in [5.41, 5.74) is 2.49.